The third-order valence-electron chi connectivity index (χ3n) is 7.03. The highest BCUT2D eigenvalue weighted by Gasteiger charge is 2.19. The molecular formula is C29H34N4O. The van der Waals surface area contributed by atoms with Crippen molar-refractivity contribution < 1.29 is 4.79 Å². The second-order valence-electron chi connectivity index (χ2n) is 9.40. The third kappa shape index (κ3) is 5.32. The zero-order chi connectivity index (χ0) is 23.2. The van der Waals surface area contributed by atoms with Gasteiger partial charge in [-0.3, -0.25) is 19.8 Å². The van der Waals surface area contributed by atoms with E-state index >= 15 is 0 Å². The van der Waals surface area contributed by atoms with Crippen molar-refractivity contribution in [3.05, 3.63) is 84.4 Å². The van der Waals surface area contributed by atoms with E-state index in [4.69, 9.17) is 0 Å². The van der Waals surface area contributed by atoms with Crippen LogP contribution in [-0.2, 0) is 11.3 Å². The molecule has 0 bridgehead atoms. The zero-order valence-corrected chi connectivity index (χ0v) is 19.7. The summed E-state index contributed by atoms with van der Waals surface area (Å²) in [7, 11) is 0. The molecule has 1 saturated heterocycles. The van der Waals surface area contributed by atoms with E-state index in [-0.39, 0.29) is 5.91 Å². The van der Waals surface area contributed by atoms with Crippen molar-refractivity contribution in [1.29, 1.82) is 0 Å². The van der Waals surface area contributed by atoms with Crippen molar-refractivity contribution in [1.82, 2.24) is 14.9 Å². The lowest BCUT2D eigenvalue weighted by molar-refractivity contribution is -0.116. The second kappa shape index (κ2) is 10.9. The molecule has 0 saturated carbocycles. The largest absolute Gasteiger partial charge is 0.316 e. The van der Waals surface area contributed by atoms with Gasteiger partial charge in [0.15, 0.2) is 0 Å². The molecule has 0 atom stereocenters. The average molecular weight is 455 g/mol. The minimum absolute atomic E-state index is 0.0354. The molecule has 1 aromatic heterocycles. The van der Waals surface area contributed by atoms with Crippen LogP contribution >= 0.6 is 0 Å². The van der Waals surface area contributed by atoms with Crippen molar-refractivity contribution in [2.45, 2.75) is 32.2 Å². The Labute approximate surface area is 201 Å². The number of fused-ring (bicyclic) bond motifs is 3. The number of nitrogens with zero attached hydrogens (tertiary/aromatic N) is 2. The molecule has 5 nitrogen and oxygen atoms in total. The smallest absolute Gasteiger partial charge is 0.240 e. The SMILES string of the molecule is O=C(CCNCCC1CCN(Cc2ccccc2)CC1)Nn1c2ccccc2c2ccccc21. The number of hydrogen-bond acceptors (Lipinski definition) is 3. The summed E-state index contributed by atoms with van der Waals surface area (Å²) in [5, 5.41) is 5.80. The number of hydrogen-bond donors (Lipinski definition) is 2. The van der Waals surface area contributed by atoms with Crippen LogP contribution in [0.3, 0.4) is 0 Å². The van der Waals surface area contributed by atoms with Gasteiger partial charge in [0, 0.05) is 30.3 Å². The van der Waals surface area contributed by atoms with Gasteiger partial charge < -0.3 is 5.32 Å². The molecule has 34 heavy (non-hydrogen) atoms. The Morgan fingerprint density at radius 2 is 1.41 bits per heavy atom. The predicted octanol–water partition coefficient (Wildman–Crippen LogP) is 5.15. The fourth-order valence-electron chi connectivity index (χ4n) is 5.13. The Hall–Kier alpha value is -3.15. The maximum atomic E-state index is 12.7. The van der Waals surface area contributed by atoms with E-state index in [1.165, 1.54) is 37.9 Å². The second-order valence-corrected chi connectivity index (χ2v) is 9.40. The van der Waals surface area contributed by atoms with Crippen LogP contribution in [0.15, 0.2) is 78.9 Å². The molecule has 1 amide bonds. The maximum Gasteiger partial charge on any atom is 0.240 e. The first kappa shape index (κ1) is 22.6. The first-order valence-electron chi connectivity index (χ1n) is 12.5. The van der Waals surface area contributed by atoms with E-state index in [9.17, 15) is 4.79 Å². The number of likely N-dealkylation sites (tertiary alicyclic amines) is 1. The highest BCUT2D eigenvalue weighted by molar-refractivity contribution is 6.09. The summed E-state index contributed by atoms with van der Waals surface area (Å²) >= 11 is 0. The van der Waals surface area contributed by atoms with Gasteiger partial charge in [0.2, 0.25) is 5.91 Å². The number of amides is 1. The molecule has 3 aromatic carbocycles. The van der Waals surface area contributed by atoms with Crippen molar-refractivity contribution in [2.75, 3.05) is 31.6 Å². The van der Waals surface area contributed by atoms with Crippen LogP contribution in [0.4, 0.5) is 0 Å². The number of carbonyl (C=O) groups is 1. The summed E-state index contributed by atoms with van der Waals surface area (Å²) in [4.78, 5) is 15.2. The van der Waals surface area contributed by atoms with Gasteiger partial charge in [-0.25, -0.2) is 0 Å². The highest BCUT2D eigenvalue weighted by Crippen LogP contribution is 2.27. The van der Waals surface area contributed by atoms with E-state index in [0.29, 0.717) is 13.0 Å². The summed E-state index contributed by atoms with van der Waals surface area (Å²) < 4.78 is 1.93. The monoisotopic (exact) mass is 454 g/mol. The van der Waals surface area contributed by atoms with E-state index in [1.807, 2.05) is 28.9 Å². The van der Waals surface area contributed by atoms with Crippen molar-refractivity contribution in [2.24, 2.45) is 5.92 Å². The molecule has 0 aliphatic carbocycles. The molecule has 2 heterocycles. The van der Waals surface area contributed by atoms with E-state index in [0.717, 1.165) is 40.8 Å². The van der Waals surface area contributed by atoms with Crippen molar-refractivity contribution >= 4 is 27.7 Å². The minimum Gasteiger partial charge on any atom is -0.316 e. The molecule has 0 radical (unpaired) electrons. The molecule has 2 N–H and O–H groups in total. The van der Waals surface area contributed by atoms with Gasteiger partial charge in [0.25, 0.3) is 0 Å². The molecule has 176 valence electrons. The fraction of sp³-hybridized carbons (Fsp3) is 0.345. The molecule has 0 spiro atoms. The molecule has 4 aromatic rings. The normalized spacial score (nSPS) is 15.2. The van der Waals surface area contributed by atoms with Gasteiger partial charge in [0.05, 0.1) is 11.0 Å². The number of rotatable bonds is 9. The first-order valence-corrected chi connectivity index (χ1v) is 12.5. The lowest BCUT2D eigenvalue weighted by atomic mass is 9.93. The molecular weight excluding hydrogens is 420 g/mol. The van der Waals surface area contributed by atoms with Crippen LogP contribution in [-0.4, -0.2) is 41.7 Å². The van der Waals surface area contributed by atoms with Crippen LogP contribution in [0.5, 0.6) is 0 Å². The standard InChI is InChI=1S/C29H34N4O/c34-29(31-33-27-12-6-4-10-25(27)26-11-5-7-13-28(26)33)15-19-30-18-14-23-16-20-32(21-17-23)22-24-8-2-1-3-9-24/h1-13,23,30H,14-22H2,(H,31,34). The summed E-state index contributed by atoms with van der Waals surface area (Å²) in [6.45, 7) is 5.11. The Bertz CT molecular complexity index is 1170. The van der Waals surface area contributed by atoms with Crippen LogP contribution in [0, 0.1) is 5.92 Å². The van der Waals surface area contributed by atoms with E-state index in [1.54, 1.807) is 0 Å². The van der Waals surface area contributed by atoms with Crippen molar-refractivity contribution in [3.63, 3.8) is 0 Å². The summed E-state index contributed by atoms with van der Waals surface area (Å²) in [6.07, 6.45) is 4.19. The fourth-order valence-corrected chi connectivity index (χ4v) is 5.13. The quantitative estimate of drug-likeness (QED) is 0.344. The number of piperidine rings is 1. The van der Waals surface area contributed by atoms with Crippen molar-refractivity contribution in [3.8, 4) is 0 Å². The average Bonchev–Trinajstić information content (AvgIpc) is 3.19. The molecule has 5 rings (SSSR count). The topological polar surface area (TPSA) is 49.3 Å². The summed E-state index contributed by atoms with van der Waals surface area (Å²) in [6, 6.07) is 27.2. The molecule has 5 heteroatoms. The van der Waals surface area contributed by atoms with Gasteiger partial charge >= 0.3 is 0 Å². The van der Waals surface area contributed by atoms with Crippen LogP contribution < -0.4 is 10.7 Å². The number of aromatic nitrogens is 1. The summed E-state index contributed by atoms with van der Waals surface area (Å²) in [5.74, 6) is 0.819. The van der Waals surface area contributed by atoms with E-state index < -0.39 is 0 Å². The number of nitrogens with one attached hydrogen (secondary N) is 2. The minimum atomic E-state index is 0.0354. The van der Waals surface area contributed by atoms with Crippen LogP contribution in [0.2, 0.25) is 0 Å². The van der Waals surface area contributed by atoms with Gasteiger partial charge in [-0.2, -0.15) is 0 Å². The third-order valence-corrected chi connectivity index (χ3v) is 7.03. The van der Waals surface area contributed by atoms with Gasteiger partial charge in [0.1, 0.15) is 0 Å². The summed E-state index contributed by atoms with van der Waals surface area (Å²) in [5.41, 5.74) is 6.57. The molecule has 1 fully saturated rings. The highest BCUT2D eigenvalue weighted by atomic mass is 16.2. The van der Waals surface area contributed by atoms with Gasteiger partial charge in [-0.15, -0.1) is 0 Å². The van der Waals surface area contributed by atoms with Gasteiger partial charge in [-0.1, -0.05) is 66.7 Å². The van der Waals surface area contributed by atoms with Crippen LogP contribution in [0.1, 0.15) is 31.2 Å². The van der Waals surface area contributed by atoms with Gasteiger partial charge in [-0.05, 0) is 62.5 Å². The number of carbonyl (C=O) groups excluding carboxylic acids is 1. The predicted molar refractivity (Wildman–Crippen MR) is 140 cm³/mol. The van der Waals surface area contributed by atoms with E-state index in [2.05, 4.69) is 70.2 Å². The molecule has 0 unspecified atom stereocenters. The molecule has 1 aliphatic rings. The Morgan fingerprint density at radius 3 is 2.09 bits per heavy atom. The number of benzene rings is 3. The molecule has 1 aliphatic heterocycles. The van der Waals surface area contributed by atoms with Crippen LogP contribution in [0.25, 0.3) is 21.8 Å². The zero-order valence-electron chi connectivity index (χ0n) is 19.7. The lowest BCUT2D eigenvalue weighted by Crippen LogP contribution is -2.34. The number of para-hydroxylation sites is 2. The Balaban J connectivity index is 1.03. The first-order chi connectivity index (χ1) is 16.8. The Kier molecular flexibility index (Phi) is 7.22. The lowest BCUT2D eigenvalue weighted by Gasteiger charge is -2.32. The maximum absolute atomic E-state index is 12.7. The Morgan fingerprint density at radius 1 is 0.794 bits per heavy atom.